The first-order chi connectivity index (χ1) is 18.3. The van der Waals surface area contributed by atoms with Gasteiger partial charge >= 0.3 is 0 Å². The van der Waals surface area contributed by atoms with Gasteiger partial charge in [0.05, 0.1) is 0 Å². The summed E-state index contributed by atoms with van der Waals surface area (Å²) in [5.74, 6) is 0. The maximum Gasteiger partial charge on any atom is 0.0434 e. The second-order valence-corrected chi connectivity index (χ2v) is 10.2. The largest absolute Gasteiger partial charge is 0.264 e. The Kier molecular flexibility index (Phi) is 5.38. The predicted molar refractivity (Wildman–Crippen MR) is 159 cm³/mol. The Balaban J connectivity index is 1.32. The highest BCUT2D eigenvalue weighted by Crippen LogP contribution is 2.44. The maximum absolute atomic E-state index is 4.26. The third kappa shape index (κ3) is 3.92. The number of benzene rings is 5. The van der Waals surface area contributed by atoms with Crippen molar-refractivity contribution in [3.8, 4) is 44.5 Å². The first-order valence-corrected chi connectivity index (χ1v) is 13.3. The molecule has 7 aromatic rings. The number of hydrogen-bond donors (Lipinski definition) is 0. The summed E-state index contributed by atoms with van der Waals surface area (Å²) in [6, 6.07) is 45.8. The summed E-state index contributed by atoms with van der Waals surface area (Å²) in [5, 5.41) is 2.63. The lowest BCUT2D eigenvalue weighted by Crippen LogP contribution is -1.81. The van der Waals surface area contributed by atoms with Gasteiger partial charge in [0.25, 0.3) is 0 Å². The summed E-state index contributed by atoms with van der Waals surface area (Å²) >= 11 is 1.90. The van der Waals surface area contributed by atoms with Gasteiger partial charge < -0.3 is 0 Å². The normalized spacial score (nSPS) is 11.2. The molecule has 0 fully saturated rings. The van der Waals surface area contributed by atoms with Crippen LogP contribution in [0.3, 0.4) is 0 Å². The molecule has 0 radical (unpaired) electrons. The Morgan fingerprint density at radius 3 is 1.41 bits per heavy atom. The number of pyridine rings is 1. The van der Waals surface area contributed by atoms with Crippen molar-refractivity contribution >= 4 is 31.5 Å². The molecular formula is C35H23NS. The topological polar surface area (TPSA) is 12.9 Å². The quantitative estimate of drug-likeness (QED) is 0.240. The van der Waals surface area contributed by atoms with Gasteiger partial charge in [-0.05, 0) is 50.6 Å². The fraction of sp³-hybridized carbons (Fsp3) is 0. The second kappa shape index (κ2) is 9.16. The molecule has 5 aromatic carbocycles. The van der Waals surface area contributed by atoms with E-state index in [0.29, 0.717) is 0 Å². The van der Waals surface area contributed by atoms with E-state index < -0.39 is 0 Å². The molecule has 37 heavy (non-hydrogen) atoms. The molecule has 2 heterocycles. The van der Waals surface area contributed by atoms with E-state index in [-0.39, 0.29) is 0 Å². The van der Waals surface area contributed by atoms with Gasteiger partial charge in [0.15, 0.2) is 0 Å². The van der Waals surface area contributed by atoms with Crippen LogP contribution < -0.4 is 0 Å². The Labute approximate surface area is 220 Å². The number of fused-ring (bicyclic) bond motifs is 3. The molecule has 0 aliphatic rings. The van der Waals surface area contributed by atoms with Crippen LogP contribution in [0.25, 0.3) is 64.7 Å². The summed E-state index contributed by atoms with van der Waals surface area (Å²) in [5.41, 5.74) is 9.85. The number of nitrogens with zero attached hydrogens (tertiary/aromatic N) is 1. The van der Waals surface area contributed by atoms with Gasteiger partial charge in [0, 0.05) is 32.6 Å². The van der Waals surface area contributed by atoms with Crippen LogP contribution in [0.1, 0.15) is 0 Å². The minimum Gasteiger partial charge on any atom is -0.264 e. The molecule has 0 N–H and O–H groups in total. The number of aromatic nitrogens is 1. The number of rotatable bonds is 4. The smallest absolute Gasteiger partial charge is 0.0434 e. The van der Waals surface area contributed by atoms with Gasteiger partial charge in [0.1, 0.15) is 0 Å². The lowest BCUT2D eigenvalue weighted by Gasteiger charge is -2.06. The fourth-order valence-electron chi connectivity index (χ4n) is 5.12. The summed E-state index contributed by atoms with van der Waals surface area (Å²) in [6.45, 7) is 0. The first kappa shape index (κ1) is 21.7. The van der Waals surface area contributed by atoms with E-state index in [2.05, 4.69) is 126 Å². The van der Waals surface area contributed by atoms with Crippen molar-refractivity contribution in [2.45, 2.75) is 0 Å². The van der Waals surface area contributed by atoms with Crippen LogP contribution in [0, 0.1) is 0 Å². The van der Waals surface area contributed by atoms with Crippen molar-refractivity contribution in [3.63, 3.8) is 0 Å². The van der Waals surface area contributed by atoms with Gasteiger partial charge in [-0.25, -0.2) is 0 Å². The van der Waals surface area contributed by atoms with Crippen LogP contribution in [-0.4, -0.2) is 4.98 Å². The van der Waals surface area contributed by atoms with Crippen LogP contribution in [0.2, 0.25) is 0 Å². The Morgan fingerprint density at radius 1 is 0.378 bits per heavy atom. The minimum atomic E-state index is 1.14. The monoisotopic (exact) mass is 489 g/mol. The van der Waals surface area contributed by atoms with E-state index in [1.54, 1.807) is 0 Å². The van der Waals surface area contributed by atoms with Crippen molar-refractivity contribution in [2.75, 3.05) is 0 Å². The van der Waals surface area contributed by atoms with Gasteiger partial charge in [-0.15, -0.1) is 11.3 Å². The van der Waals surface area contributed by atoms with E-state index >= 15 is 0 Å². The molecule has 0 amide bonds. The van der Waals surface area contributed by atoms with E-state index in [0.717, 1.165) is 5.56 Å². The highest BCUT2D eigenvalue weighted by Gasteiger charge is 2.14. The van der Waals surface area contributed by atoms with Crippen molar-refractivity contribution in [1.82, 2.24) is 4.98 Å². The maximum atomic E-state index is 4.26. The lowest BCUT2D eigenvalue weighted by atomic mass is 9.98. The molecule has 0 aliphatic carbocycles. The first-order valence-electron chi connectivity index (χ1n) is 12.5. The molecular weight excluding hydrogens is 466 g/mol. The van der Waals surface area contributed by atoms with Crippen molar-refractivity contribution < 1.29 is 0 Å². The highest BCUT2D eigenvalue weighted by atomic mass is 32.1. The van der Waals surface area contributed by atoms with Crippen LogP contribution in [0.5, 0.6) is 0 Å². The lowest BCUT2D eigenvalue weighted by molar-refractivity contribution is 1.33. The van der Waals surface area contributed by atoms with E-state index in [1.165, 1.54) is 59.1 Å². The van der Waals surface area contributed by atoms with Gasteiger partial charge in [-0.1, -0.05) is 121 Å². The van der Waals surface area contributed by atoms with Crippen molar-refractivity contribution in [2.24, 2.45) is 0 Å². The Morgan fingerprint density at radius 2 is 0.865 bits per heavy atom. The molecule has 1 nitrogen and oxygen atoms in total. The van der Waals surface area contributed by atoms with Crippen LogP contribution in [0.15, 0.2) is 140 Å². The van der Waals surface area contributed by atoms with Crippen LogP contribution in [-0.2, 0) is 0 Å². The molecule has 2 heteroatoms. The summed E-state index contributed by atoms with van der Waals surface area (Å²) < 4.78 is 2.67. The third-order valence-electron chi connectivity index (χ3n) is 7.02. The average Bonchev–Trinajstić information content (AvgIpc) is 3.38. The molecule has 0 bridgehead atoms. The van der Waals surface area contributed by atoms with E-state index in [9.17, 15) is 0 Å². The van der Waals surface area contributed by atoms with E-state index in [1.807, 2.05) is 29.8 Å². The van der Waals surface area contributed by atoms with Gasteiger partial charge in [0.2, 0.25) is 0 Å². The van der Waals surface area contributed by atoms with Gasteiger partial charge in [-0.3, -0.25) is 4.98 Å². The molecule has 174 valence electrons. The molecule has 0 saturated heterocycles. The molecule has 7 rings (SSSR count). The fourth-order valence-corrected chi connectivity index (χ4v) is 6.50. The molecule has 2 aromatic heterocycles. The zero-order valence-corrected chi connectivity index (χ0v) is 21.0. The van der Waals surface area contributed by atoms with E-state index in [4.69, 9.17) is 0 Å². The molecule has 0 aliphatic heterocycles. The zero-order valence-electron chi connectivity index (χ0n) is 20.1. The molecule has 0 saturated carbocycles. The highest BCUT2D eigenvalue weighted by molar-refractivity contribution is 7.26. The Hall–Kier alpha value is -4.53. The van der Waals surface area contributed by atoms with Crippen LogP contribution in [0.4, 0.5) is 0 Å². The average molecular weight is 490 g/mol. The minimum absolute atomic E-state index is 1.14. The molecule has 0 atom stereocenters. The number of hydrogen-bond acceptors (Lipinski definition) is 2. The van der Waals surface area contributed by atoms with Crippen molar-refractivity contribution in [1.29, 1.82) is 0 Å². The SMILES string of the molecule is c1ccc(-c2ccc(-c3cccc4c3sc3c(-c5ccc(-c6cccnc6)cc5)cccc34)cc2)cc1. The summed E-state index contributed by atoms with van der Waals surface area (Å²) in [7, 11) is 0. The predicted octanol–water partition coefficient (Wildman–Crippen LogP) is 10.1. The third-order valence-corrected chi connectivity index (χ3v) is 8.31. The van der Waals surface area contributed by atoms with Crippen LogP contribution >= 0.6 is 11.3 Å². The standard InChI is InChI=1S/C35H23NS/c1-2-7-24(8-3-1)25-14-18-27(19-15-25)30-10-4-12-32-33-13-5-11-31(35(33)37-34(30)32)28-20-16-26(17-21-28)29-9-6-22-36-23-29/h1-23H. The van der Waals surface area contributed by atoms with Crippen molar-refractivity contribution in [3.05, 3.63) is 140 Å². The second-order valence-electron chi connectivity index (χ2n) is 9.23. The summed E-state index contributed by atoms with van der Waals surface area (Å²) in [6.07, 6.45) is 3.72. The zero-order chi connectivity index (χ0) is 24.6. The number of thiophene rings is 1. The molecule has 0 unspecified atom stereocenters. The Bertz CT molecular complexity index is 1700. The summed E-state index contributed by atoms with van der Waals surface area (Å²) in [4.78, 5) is 4.26. The van der Waals surface area contributed by atoms with Gasteiger partial charge in [-0.2, -0.15) is 0 Å². The molecule has 0 spiro atoms.